The van der Waals surface area contributed by atoms with Crippen LogP contribution in [0.1, 0.15) is 17.7 Å². The number of sulfonamides is 1. The topological polar surface area (TPSA) is 79.6 Å². The van der Waals surface area contributed by atoms with Crippen LogP contribution in [-0.2, 0) is 27.5 Å². The molecular formula is C16H16ClF3N2O4S. The highest BCUT2D eigenvalue weighted by Crippen LogP contribution is 2.35. The van der Waals surface area contributed by atoms with Gasteiger partial charge in [0, 0.05) is 20.0 Å². The van der Waals surface area contributed by atoms with Crippen LogP contribution in [0.5, 0.6) is 0 Å². The zero-order chi connectivity index (χ0) is 20.2. The number of benzene rings is 1. The van der Waals surface area contributed by atoms with Crippen LogP contribution in [0, 0.1) is 0 Å². The molecule has 0 bridgehead atoms. The summed E-state index contributed by atoms with van der Waals surface area (Å²) in [5.74, 6) is 0.202. The Kier molecular flexibility index (Phi) is 6.55. The monoisotopic (exact) mass is 424 g/mol. The highest BCUT2D eigenvalue weighted by molar-refractivity contribution is 7.89. The van der Waals surface area contributed by atoms with E-state index in [0.717, 1.165) is 12.1 Å². The van der Waals surface area contributed by atoms with Crippen LogP contribution in [0.2, 0.25) is 5.02 Å². The summed E-state index contributed by atoms with van der Waals surface area (Å²) in [5, 5.41) is -0.601. The number of carbonyl (C=O) groups is 1. The number of amides is 1. The predicted molar refractivity (Wildman–Crippen MR) is 91.4 cm³/mol. The number of rotatable bonds is 7. The van der Waals surface area contributed by atoms with E-state index >= 15 is 0 Å². The fourth-order valence-electron chi connectivity index (χ4n) is 2.18. The lowest BCUT2D eigenvalue weighted by Gasteiger charge is -2.16. The van der Waals surface area contributed by atoms with Gasteiger partial charge in [0.1, 0.15) is 5.76 Å². The third-order valence-corrected chi connectivity index (χ3v) is 5.37. The molecule has 1 N–H and O–H groups in total. The first-order valence-corrected chi connectivity index (χ1v) is 9.49. The van der Waals surface area contributed by atoms with E-state index in [2.05, 4.69) is 4.72 Å². The van der Waals surface area contributed by atoms with Crippen molar-refractivity contribution in [1.82, 2.24) is 9.62 Å². The number of hydrogen-bond donors (Lipinski definition) is 1. The Morgan fingerprint density at radius 2 is 2.00 bits per heavy atom. The van der Waals surface area contributed by atoms with Gasteiger partial charge in [-0.1, -0.05) is 11.6 Å². The second-order valence-corrected chi connectivity index (χ2v) is 7.79. The van der Waals surface area contributed by atoms with Crippen LogP contribution in [0.3, 0.4) is 0 Å². The van der Waals surface area contributed by atoms with E-state index in [9.17, 15) is 26.4 Å². The lowest BCUT2D eigenvalue weighted by atomic mass is 10.2. The van der Waals surface area contributed by atoms with Crippen molar-refractivity contribution >= 4 is 27.5 Å². The zero-order valence-electron chi connectivity index (χ0n) is 14.1. The van der Waals surface area contributed by atoms with E-state index in [-0.39, 0.29) is 25.4 Å². The molecule has 1 amide bonds. The van der Waals surface area contributed by atoms with Gasteiger partial charge in [0.2, 0.25) is 15.9 Å². The molecule has 0 unspecified atom stereocenters. The van der Waals surface area contributed by atoms with Gasteiger partial charge in [-0.3, -0.25) is 4.79 Å². The van der Waals surface area contributed by atoms with Crippen molar-refractivity contribution in [2.75, 3.05) is 13.6 Å². The van der Waals surface area contributed by atoms with E-state index in [1.807, 2.05) is 0 Å². The Morgan fingerprint density at radius 3 is 2.59 bits per heavy atom. The fraction of sp³-hybridized carbons (Fsp3) is 0.312. The Balaban J connectivity index is 1.98. The van der Waals surface area contributed by atoms with Crippen molar-refractivity contribution in [3.05, 3.63) is 52.9 Å². The molecule has 0 saturated heterocycles. The smallest absolute Gasteiger partial charge is 0.417 e. The molecule has 1 aromatic carbocycles. The summed E-state index contributed by atoms with van der Waals surface area (Å²) in [6, 6.07) is 5.63. The SMILES string of the molecule is CN(Cc1ccco1)C(=O)CCNS(=O)(=O)c1ccc(Cl)c(C(F)(F)F)c1. The first kappa shape index (κ1) is 21.3. The van der Waals surface area contributed by atoms with Gasteiger partial charge in [-0.15, -0.1) is 0 Å². The molecule has 0 aliphatic carbocycles. The molecule has 0 aliphatic rings. The molecule has 148 valence electrons. The van der Waals surface area contributed by atoms with Gasteiger partial charge in [-0.05, 0) is 30.3 Å². The Labute approximate surface area is 159 Å². The molecule has 2 rings (SSSR count). The Bertz CT molecular complexity index is 899. The van der Waals surface area contributed by atoms with E-state index in [0.29, 0.717) is 11.8 Å². The van der Waals surface area contributed by atoms with Crippen LogP contribution in [0.25, 0.3) is 0 Å². The first-order valence-electron chi connectivity index (χ1n) is 7.63. The second-order valence-electron chi connectivity index (χ2n) is 5.62. The second kappa shape index (κ2) is 8.32. The summed E-state index contributed by atoms with van der Waals surface area (Å²) in [6.07, 6.45) is -3.49. The number of furan rings is 1. The molecule has 0 fully saturated rings. The largest absolute Gasteiger partial charge is 0.467 e. The summed E-state index contributed by atoms with van der Waals surface area (Å²) in [4.78, 5) is 12.8. The van der Waals surface area contributed by atoms with E-state index in [1.165, 1.54) is 18.2 Å². The number of nitrogens with one attached hydrogen (secondary N) is 1. The molecule has 0 atom stereocenters. The summed E-state index contributed by atoms with van der Waals surface area (Å²) in [7, 11) is -2.71. The highest BCUT2D eigenvalue weighted by atomic mass is 35.5. The van der Waals surface area contributed by atoms with Gasteiger partial charge in [0.05, 0.1) is 28.3 Å². The maximum atomic E-state index is 12.9. The van der Waals surface area contributed by atoms with Crippen molar-refractivity contribution < 1.29 is 30.8 Å². The van der Waals surface area contributed by atoms with Crippen molar-refractivity contribution in [2.24, 2.45) is 0 Å². The minimum atomic E-state index is -4.78. The van der Waals surface area contributed by atoms with Crippen molar-refractivity contribution in [1.29, 1.82) is 0 Å². The number of hydrogen-bond acceptors (Lipinski definition) is 4. The zero-order valence-corrected chi connectivity index (χ0v) is 15.7. The maximum Gasteiger partial charge on any atom is 0.417 e. The number of halogens is 4. The predicted octanol–water partition coefficient (Wildman–Crippen LogP) is 3.28. The quantitative estimate of drug-likeness (QED) is 0.739. The molecule has 0 spiro atoms. The van der Waals surface area contributed by atoms with Gasteiger partial charge in [0.25, 0.3) is 0 Å². The molecule has 11 heteroatoms. The lowest BCUT2D eigenvalue weighted by molar-refractivity contribution is -0.137. The van der Waals surface area contributed by atoms with Crippen molar-refractivity contribution in [3.8, 4) is 0 Å². The highest BCUT2D eigenvalue weighted by Gasteiger charge is 2.34. The van der Waals surface area contributed by atoms with Gasteiger partial charge in [-0.2, -0.15) is 13.2 Å². The molecule has 0 aliphatic heterocycles. The molecule has 0 saturated carbocycles. The van der Waals surface area contributed by atoms with E-state index in [4.69, 9.17) is 16.0 Å². The Hall–Kier alpha value is -2.04. The van der Waals surface area contributed by atoms with Gasteiger partial charge in [0.15, 0.2) is 0 Å². The average molecular weight is 425 g/mol. The molecule has 27 heavy (non-hydrogen) atoms. The normalized spacial score (nSPS) is 12.2. The molecular weight excluding hydrogens is 409 g/mol. The minimum absolute atomic E-state index is 0.170. The van der Waals surface area contributed by atoms with Crippen molar-refractivity contribution in [3.63, 3.8) is 0 Å². The van der Waals surface area contributed by atoms with Crippen LogP contribution in [-0.4, -0.2) is 32.8 Å². The fourth-order valence-corrected chi connectivity index (χ4v) is 3.46. The van der Waals surface area contributed by atoms with Gasteiger partial charge in [-0.25, -0.2) is 13.1 Å². The van der Waals surface area contributed by atoms with Crippen LogP contribution in [0.4, 0.5) is 13.2 Å². The molecule has 2 aromatic rings. The number of alkyl halides is 3. The average Bonchev–Trinajstić information content (AvgIpc) is 3.06. The molecule has 6 nitrogen and oxygen atoms in total. The summed E-state index contributed by atoms with van der Waals surface area (Å²) >= 11 is 5.48. The van der Waals surface area contributed by atoms with Crippen LogP contribution < -0.4 is 4.72 Å². The Morgan fingerprint density at radius 1 is 1.30 bits per heavy atom. The molecule has 1 heterocycles. The molecule has 0 radical (unpaired) electrons. The third kappa shape index (κ3) is 5.72. The first-order chi connectivity index (χ1) is 12.5. The minimum Gasteiger partial charge on any atom is -0.467 e. The van der Waals surface area contributed by atoms with Gasteiger partial charge >= 0.3 is 6.18 Å². The maximum absolute atomic E-state index is 12.9. The molecule has 1 aromatic heterocycles. The summed E-state index contributed by atoms with van der Waals surface area (Å²) in [5.41, 5.74) is -1.25. The summed E-state index contributed by atoms with van der Waals surface area (Å²) < 4.78 is 70.1. The van der Waals surface area contributed by atoms with Crippen molar-refractivity contribution in [2.45, 2.75) is 24.0 Å². The van der Waals surface area contributed by atoms with Crippen LogP contribution >= 0.6 is 11.6 Å². The number of carbonyl (C=O) groups excluding carboxylic acids is 1. The summed E-state index contributed by atoms with van der Waals surface area (Å²) in [6.45, 7) is -0.0572. The standard InChI is InChI=1S/C16H16ClF3N2O4S/c1-22(10-11-3-2-8-26-11)15(23)6-7-21-27(24,25)12-4-5-14(17)13(9-12)16(18,19)20/h2-5,8-9,21H,6-7,10H2,1H3. The number of nitrogens with zero attached hydrogens (tertiary/aromatic N) is 1. The third-order valence-electron chi connectivity index (χ3n) is 3.58. The van der Waals surface area contributed by atoms with E-state index in [1.54, 1.807) is 12.1 Å². The van der Waals surface area contributed by atoms with Gasteiger partial charge < -0.3 is 9.32 Å². The lowest BCUT2D eigenvalue weighted by Crippen LogP contribution is -2.32. The van der Waals surface area contributed by atoms with Crippen LogP contribution in [0.15, 0.2) is 45.9 Å². The van der Waals surface area contributed by atoms with E-state index < -0.39 is 31.7 Å².